The first-order valence-electron chi connectivity index (χ1n) is 12.8. The van der Waals surface area contributed by atoms with Crippen molar-refractivity contribution in [2.45, 2.75) is 32.6 Å². The molecule has 0 spiro atoms. The van der Waals surface area contributed by atoms with Crippen LogP contribution in [0.3, 0.4) is 0 Å². The third-order valence-electron chi connectivity index (χ3n) is 7.81. The van der Waals surface area contributed by atoms with E-state index in [0.717, 1.165) is 92.3 Å². The molecule has 4 heterocycles. The number of alkyl halides is 1. The van der Waals surface area contributed by atoms with Crippen LogP contribution >= 0.6 is 0 Å². The Labute approximate surface area is 207 Å². The maximum Gasteiger partial charge on any atom is 0.158 e. The number of methoxy groups -OCH3 is 1. The van der Waals surface area contributed by atoms with Crippen molar-refractivity contribution in [2.75, 3.05) is 64.6 Å². The Morgan fingerprint density at radius 1 is 1.14 bits per heavy atom. The number of aryl methyl sites for hydroxylation is 1. The number of hydrogen-bond donors (Lipinski definition) is 0. The first kappa shape index (κ1) is 24.1. The lowest BCUT2D eigenvalue weighted by Crippen LogP contribution is -2.47. The fourth-order valence-corrected chi connectivity index (χ4v) is 5.82. The van der Waals surface area contributed by atoms with Gasteiger partial charge in [-0.05, 0) is 43.7 Å². The minimum absolute atomic E-state index is 0.223. The summed E-state index contributed by atoms with van der Waals surface area (Å²) in [5.74, 6) is 3.56. The van der Waals surface area contributed by atoms with Crippen molar-refractivity contribution in [3.63, 3.8) is 0 Å². The lowest BCUT2D eigenvalue weighted by molar-refractivity contribution is 0.167. The molecule has 188 valence electrons. The summed E-state index contributed by atoms with van der Waals surface area (Å²) in [6, 6.07) is 8.13. The number of fused-ring (bicyclic) bond motifs is 1. The van der Waals surface area contributed by atoms with Gasteiger partial charge in [-0.1, -0.05) is 19.1 Å². The highest BCUT2D eigenvalue weighted by atomic mass is 19.1. The maximum absolute atomic E-state index is 12.9. The van der Waals surface area contributed by atoms with Crippen molar-refractivity contribution in [2.24, 2.45) is 16.8 Å². The van der Waals surface area contributed by atoms with Gasteiger partial charge in [0.2, 0.25) is 0 Å². The van der Waals surface area contributed by atoms with Crippen molar-refractivity contribution < 1.29 is 13.9 Å². The van der Waals surface area contributed by atoms with E-state index in [1.165, 1.54) is 0 Å². The van der Waals surface area contributed by atoms with E-state index >= 15 is 0 Å². The Morgan fingerprint density at radius 3 is 2.66 bits per heavy atom. The van der Waals surface area contributed by atoms with Crippen LogP contribution < -0.4 is 9.64 Å². The second-order valence-corrected chi connectivity index (χ2v) is 9.89. The number of para-hydroxylation sites is 1. The molecule has 0 aliphatic carbocycles. The van der Waals surface area contributed by atoms with Gasteiger partial charge in [-0.15, -0.1) is 0 Å². The van der Waals surface area contributed by atoms with Gasteiger partial charge in [-0.2, -0.15) is 0 Å². The average Bonchev–Trinajstić information content (AvgIpc) is 3.37. The summed E-state index contributed by atoms with van der Waals surface area (Å²) in [4.78, 5) is 19.7. The van der Waals surface area contributed by atoms with Crippen molar-refractivity contribution in [3.05, 3.63) is 41.3 Å². The van der Waals surface area contributed by atoms with Crippen LogP contribution in [0.1, 0.15) is 42.8 Å². The molecular formula is C27H36FN5O2. The quantitative estimate of drug-likeness (QED) is 0.617. The molecule has 7 nitrogen and oxygen atoms in total. The van der Waals surface area contributed by atoms with Crippen molar-refractivity contribution in [1.82, 2.24) is 14.9 Å². The molecule has 3 aliphatic rings. The van der Waals surface area contributed by atoms with Gasteiger partial charge in [0.25, 0.3) is 0 Å². The van der Waals surface area contributed by atoms with Gasteiger partial charge in [0.05, 0.1) is 18.5 Å². The van der Waals surface area contributed by atoms with Crippen molar-refractivity contribution in [3.8, 4) is 5.75 Å². The Morgan fingerprint density at radius 2 is 1.94 bits per heavy atom. The molecule has 8 heteroatoms. The molecule has 0 radical (unpaired) electrons. The SMILES string of the molecule is COc1ccccc1C1=Nc2c(nc(C)nc2N2CCN(CCF)CC2)C(C)C(C2CCOC2)C1. The maximum atomic E-state index is 12.9. The molecule has 0 amide bonds. The standard InChI is InChI=1S/C27H36FN5O2/c1-18-22(20-8-15-35-17-20)16-23(21-6-4-5-7-24(21)34-3)31-26-25(18)29-19(2)30-27(26)33-13-11-32(10-9-28)12-14-33/h4-7,18,20,22H,8-17H2,1-3H3. The smallest absolute Gasteiger partial charge is 0.158 e. The van der Waals surface area contributed by atoms with Crippen molar-refractivity contribution >= 4 is 17.2 Å². The number of nitrogens with zero attached hydrogens (tertiary/aromatic N) is 5. The van der Waals surface area contributed by atoms with Gasteiger partial charge in [0, 0.05) is 57.4 Å². The second-order valence-electron chi connectivity index (χ2n) is 9.89. The third kappa shape index (κ3) is 4.91. The highest BCUT2D eigenvalue weighted by molar-refractivity contribution is 6.05. The zero-order chi connectivity index (χ0) is 24.4. The summed E-state index contributed by atoms with van der Waals surface area (Å²) < 4.78 is 24.4. The van der Waals surface area contributed by atoms with Gasteiger partial charge in [-0.3, -0.25) is 4.90 Å². The van der Waals surface area contributed by atoms with Crippen LogP contribution in [0.15, 0.2) is 29.3 Å². The predicted molar refractivity (Wildman–Crippen MR) is 136 cm³/mol. The minimum Gasteiger partial charge on any atom is -0.496 e. The molecule has 5 rings (SSSR count). The number of benzene rings is 1. The van der Waals surface area contributed by atoms with Gasteiger partial charge in [0.1, 0.15) is 23.9 Å². The van der Waals surface area contributed by atoms with Crippen molar-refractivity contribution in [1.29, 1.82) is 0 Å². The first-order valence-corrected chi connectivity index (χ1v) is 12.8. The number of rotatable bonds is 6. The molecule has 35 heavy (non-hydrogen) atoms. The zero-order valence-corrected chi connectivity index (χ0v) is 21.0. The van der Waals surface area contributed by atoms with Crippen LogP contribution in [-0.4, -0.2) is 80.3 Å². The summed E-state index contributed by atoms with van der Waals surface area (Å²) in [6.07, 6.45) is 1.91. The monoisotopic (exact) mass is 481 g/mol. The molecule has 1 aromatic carbocycles. The first-order chi connectivity index (χ1) is 17.1. The fourth-order valence-electron chi connectivity index (χ4n) is 5.82. The van der Waals surface area contributed by atoms with Gasteiger partial charge >= 0.3 is 0 Å². The van der Waals surface area contributed by atoms with Crippen LogP contribution in [0.5, 0.6) is 5.75 Å². The molecule has 0 bridgehead atoms. The third-order valence-corrected chi connectivity index (χ3v) is 7.81. The summed E-state index contributed by atoms with van der Waals surface area (Å²) in [6.45, 7) is 9.30. The Balaban J connectivity index is 1.61. The van der Waals surface area contributed by atoms with E-state index in [0.29, 0.717) is 18.4 Å². The Hall–Kier alpha value is -2.58. The highest BCUT2D eigenvalue weighted by Gasteiger charge is 2.37. The van der Waals surface area contributed by atoms with Crippen LogP contribution in [0.25, 0.3) is 0 Å². The fraction of sp³-hybridized carbons (Fsp3) is 0.593. The molecule has 2 aromatic rings. The number of aliphatic imine (C=N–C) groups is 1. The minimum atomic E-state index is -0.307. The second kappa shape index (κ2) is 10.6. The van der Waals surface area contributed by atoms with E-state index in [9.17, 15) is 4.39 Å². The lowest BCUT2D eigenvalue weighted by Gasteiger charge is -2.36. The normalized spacial score (nSPS) is 25.2. The number of anilines is 1. The van der Waals surface area contributed by atoms with E-state index in [-0.39, 0.29) is 12.6 Å². The number of aromatic nitrogens is 2. The number of ether oxygens (including phenoxy) is 2. The Bertz CT molecular complexity index is 1060. The summed E-state index contributed by atoms with van der Waals surface area (Å²) in [5.41, 5.74) is 3.96. The molecule has 0 saturated carbocycles. The summed E-state index contributed by atoms with van der Waals surface area (Å²) in [5, 5.41) is 0. The molecular weight excluding hydrogens is 445 g/mol. The van der Waals surface area contributed by atoms with Crippen LogP contribution in [-0.2, 0) is 4.74 Å². The molecule has 3 aliphatic heterocycles. The molecule has 3 atom stereocenters. The van der Waals surface area contributed by atoms with E-state index in [4.69, 9.17) is 24.4 Å². The highest BCUT2D eigenvalue weighted by Crippen LogP contribution is 2.46. The lowest BCUT2D eigenvalue weighted by atomic mass is 9.76. The number of halogens is 1. The molecule has 2 saturated heterocycles. The zero-order valence-electron chi connectivity index (χ0n) is 21.0. The average molecular weight is 482 g/mol. The van der Waals surface area contributed by atoms with Gasteiger partial charge in [-0.25, -0.2) is 19.4 Å². The van der Waals surface area contributed by atoms with Crippen LogP contribution in [0.4, 0.5) is 15.9 Å². The topological polar surface area (TPSA) is 63.1 Å². The van der Waals surface area contributed by atoms with E-state index in [2.05, 4.69) is 22.8 Å². The molecule has 0 N–H and O–H groups in total. The Kier molecular flexibility index (Phi) is 7.29. The number of piperazine rings is 1. The van der Waals surface area contributed by atoms with Crippen LogP contribution in [0, 0.1) is 18.8 Å². The van der Waals surface area contributed by atoms with Crippen LogP contribution in [0.2, 0.25) is 0 Å². The molecule has 2 fully saturated rings. The van der Waals surface area contributed by atoms with E-state index < -0.39 is 0 Å². The van der Waals surface area contributed by atoms with Gasteiger partial charge < -0.3 is 14.4 Å². The largest absolute Gasteiger partial charge is 0.496 e. The summed E-state index contributed by atoms with van der Waals surface area (Å²) >= 11 is 0. The molecule has 3 unspecified atom stereocenters. The van der Waals surface area contributed by atoms with Gasteiger partial charge in [0.15, 0.2) is 5.82 Å². The molecule has 1 aromatic heterocycles. The number of hydrogen-bond acceptors (Lipinski definition) is 7. The van der Waals surface area contributed by atoms with E-state index in [1.54, 1.807) is 7.11 Å². The predicted octanol–water partition coefficient (Wildman–Crippen LogP) is 4.17. The summed E-state index contributed by atoms with van der Waals surface area (Å²) in [7, 11) is 1.71. The van der Waals surface area contributed by atoms with E-state index in [1.807, 2.05) is 25.1 Å².